The zero-order valence-corrected chi connectivity index (χ0v) is 16.8. The summed E-state index contributed by atoms with van der Waals surface area (Å²) in [6.07, 6.45) is 1.07. The van der Waals surface area contributed by atoms with Crippen molar-refractivity contribution in [3.05, 3.63) is 101 Å². The number of azo groups is 1. The third-order valence-electron chi connectivity index (χ3n) is 4.35. The van der Waals surface area contributed by atoms with Gasteiger partial charge in [-0.15, -0.1) is 0 Å². The molecule has 0 saturated carbocycles. The van der Waals surface area contributed by atoms with Crippen LogP contribution in [-0.4, -0.2) is 14.9 Å². The van der Waals surface area contributed by atoms with E-state index in [1.54, 1.807) is 24.3 Å². The molecular weight excluding hydrogens is 432 g/mol. The Morgan fingerprint density at radius 1 is 0.818 bits per heavy atom. The molecule has 1 aromatic heterocycles. The highest BCUT2D eigenvalue weighted by atomic mass is 19.1. The van der Waals surface area contributed by atoms with Gasteiger partial charge in [0, 0.05) is 11.8 Å². The predicted octanol–water partition coefficient (Wildman–Crippen LogP) is 6.57. The predicted molar refractivity (Wildman–Crippen MR) is 119 cm³/mol. The zero-order valence-electron chi connectivity index (χ0n) is 16.8. The van der Waals surface area contributed by atoms with Crippen molar-refractivity contribution < 1.29 is 13.7 Å². The Bertz CT molecular complexity index is 1320. The maximum absolute atomic E-state index is 14.0. The van der Waals surface area contributed by atoms with Crippen LogP contribution in [0.4, 0.5) is 48.9 Å². The third-order valence-corrected chi connectivity index (χ3v) is 4.35. The van der Waals surface area contributed by atoms with Gasteiger partial charge in [0.1, 0.15) is 18.0 Å². The van der Waals surface area contributed by atoms with Crippen molar-refractivity contribution in [2.45, 2.75) is 0 Å². The van der Waals surface area contributed by atoms with Gasteiger partial charge in [-0.1, -0.05) is 18.2 Å². The molecule has 0 radical (unpaired) electrons. The van der Waals surface area contributed by atoms with Crippen molar-refractivity contribution in [2.75, 3.05) is 10.6 Å². The molecule has 0 amide bonds. The van der Waals surface area contributed by atoms with Crippen LogP contribution >= 0.6 is 0 Å². The Hall–Kier alpha value is -4.80. The quantitative estimate of drug-likeness (QED) is 0.188. The van der Waals surface area contributed by atoms with E-state index in [-0.39, 0.29) is 17.3 Å². The van der Waals surface area contributed by atoms with Crippen LogP contribution in [0, 0.1) is 21.7 Å². The summed E-state index contributed by atoms with van der Waals surface area (Å²) in [5.41, 5.74) is 0.930. The van der Waals surface area contributed by atoms with Crippen molar-refractivity contribution in [3.63, 3.8) is 0 Å². The Labute approximate surface area is 186 Å². The molecule has 0 unspecified atom stereocenters. The lowest BCUT2D eigenvalue weighted by molar-refractivity contribution is -0.383. The smallest absolute Gasteiger partial charge is 0.334 e. The second-order valence-corrected chi connectivity index (χ2v) is 6.63. The molecule has 4 rings (SSSR count). The molecule has 1 heterocycles. The first-order chi connectivity index (χ1) is 16.0. The number of benzene rings is 3. The van der Waals surface area contributed by atoms with Gasteiger partial charge in [-0.25, -0.2) is 18.7 Å². The SMILES string of the molecule is O=[N+]([O-])c1c(Nc2ccc(N=Nc3ccccc3)cc2)ncnc1Nc1cc(F)ccc1F. The van der Waals surface area contributed by atoms with Crippen LogP contribution in [0.15, 0.2) is 89.4 Å². The van der Waals surface area contributed by atoms with Crippen molar-refractivity contribution in [1.29, 1.82) is 0 Å². The van der Waals surface area contributed by atoms with Crippen LogP contribution in [0.2, 0.25) is 0 Å². The Morgan fingerprint density at radius 3 is 2.12 bits per heavy atom. The Balaban J connectivity index is 1.56. The standard InChI is InChI=1S/C22H15F2N7O2/c23-14-6-11-18(24)19(12-14)28-22-20(31(32)33)21(25-13-26-22)27-15-7-9-17(10-8-15)30-29-16-4-2-1-3-5-16/h1-13H,(H2,25,26,27,28). The highest BCUT2D eigenvalue weighted by Crippen LogP contribution is 2.34. The summed E-state index contributed by atoms with van der Waals surface area (Å²) >= 11 is 0. The maximum Gasteiger partial charge on any atom is 0.353 e. The lowest BCUT2D eigenvalue weighted by Gasteiger charge is -2.11. The fraction of sp³-hybridized carbons (Fsp3) is 0. The van der Waals surface area contributed by atoms with Gasteiger partial charge in [-0.2, -0.15) is 10.2 Å². The third kappa shape index (κ3) is 5.28. The van der Waals surface area contributed by atoms with E-state index in [0.717, 1.165) is 24.5 Å². The molecular formula is C22H15F2N7O2. The van der Waals surface area contributed by atoms with Gasteiger partial charge in [-0.3, -0.25) is 10.1 Å². The number of halogens is 2. The summed E-state index contributed by atoms with van der Waals surface area (Å²) in [7, 11) is 0. The summed E-state index contributed by atoms with van der Waals surface area (Å²) in [4.78, 5) is 18.7. The normalized spacial score (nSPS) is 10.8. The summed E-state index contributed by atoms with van der Waals surface area (Å²) in [6.45, 7) is 0. The molecule has 0 atom stereocenters. The molecule has 164 valence electrons. The second-order valence-electron chi connectivity index (χ2n) is 6.63. The van der Waals surface area contributed by atoms with E-state index in [1.165, 1.54) is 0 Å². The van der Waals surface area contributed by atoms with Crippen molar-refractivity contribution in [2.24, 2.45) is 10.2 Å². The average Bonchev–Trinajstić information content (AvgIpc) is 2.81. The summed E-state index contributed by atoms with van der Waals surface area (Å²) < 4.78 is 27.4. The number of anilines is 4. The van der Waals surface area contributed by atoms with E-state index in [0.29, 0.717) is 17.1 Å². The van der Waals surface area contributed by atoms with E-state index in [1.807, 2.05) is 30.3 Å². The molecule has 33 heavy (non-hydrogen) atoms. The fourth-order valence-corrected chi connectivity index (χ4v) is 2.81. The van der Waals surface area contributed by atoms with Gasteiger partial charge in [0.15, 0.2) is 0 Å². The number of rotatable bonds is 7. The van der Waals surface area contributed by atoms with Gasteiger partial charge >= 0.3 is 5.69 Å². The number of aromatic nitrogens is 2. The van der Waals surface area contributed by atoms with Gasteiger partial charge in [0.2, 0.25) is 11.6 Å². The van der Waals surface area contributed by atoms with Crippen molar-refractivity contribution in [3.8, 4) is 0 Å². The molecule has 4 aromatic rings. The Morgan fingerprint density at radius 2 is 1.45 bits per heavy atom. The first-order valence-corrected chi connectivity index (χ1v) is 9.55. The van der Waals surface area contributed by atoms with Crippen LogP contribution in [-0.2, 0) is 0 Å². The molecule has 0 aliphatic rings. The molecule has 2 N–H and O–H groups in total. The van der Waals surface area contributed by atoms with Gasteiger partial charge in [0.25, 0.3) is 0 Å². The molecule has 0 aliphatic heterocycles. The largest absolute Gasteiger partial charge is 0.353 e. The van der Waals surface area contributed by atoms with Crippen molar-refractivity contribution in [1.82, 2.24) is 9.97 Å². The van der Waals surface area contributed by atoms with Crippen LogP contribution < -0.4 is 10.6 Å². The van der Waals surface area contributed by atoms with Crippen LogP contribution in [0.5, 0.6) is 0 Å². The van der Waals surface area contributed by atoms with E-state index < -0.39 is 22.2 Å². The molecule has 3 aromatic carbocycles. The average molecular weight is 447 g/mol. The van der Waals surface area contributed by atoms with E-state index in [4.69, 9.17) is 0 Å². The molecule has 0 saturated heterocycles. The topological polar surface area (TPSA) is 118 Å². The number of hydrogen-bond donors (Lipinski definition) is 2. The molecule has 0 aliphatic carbocycles. The van der Waals surface area contributed by atoms with E-state index >= 15 is 0 Å². The minimum absolute atomic E-state index is 0.132. The maximum atomic E-state index is 14.0. The van der Waals surface area contributed by atoms with Crippen LogP contribution in [0.3, 0.4) is 0 Å². The lowest BCUT2D eigenvalue weighted by Crippen LogP contribution is -2.06. The lowest BCUT2D eigenvalue weighted by atomic mass is 10.2. The fourth-order valence-electron chi connectivity index (χ4n) is 2.81. The molecule has 0 spiro atoms. The number of nitrogens with zero attached hydrogens (tertiary/aromatic N) is 5. The van der Waals surface area contributed by atoms with Crippen LogP contribution in [0.1, 0.15) is 0 Å². The minimum atomic E-state index is -0.793. The minimum Gasteiger partial charge on any atom is -0.334 e. The number of nitro groups is 1. The highest BCUT2D eigenvalue weighted by Gasteiger charge is 2.24. The summed E-state index contributed by atoms with van der Waals surface area (Å²) in [6, 6.07) is 18.5. The Kier molecular flexibility index (Phi) is 6.21. The van der Waals surface area contributed by atoms with Crippen molar-refractivity contribution >= 4 is 40.1 Å². The first kappa shape index (κ1) is 21.4. The first-order valence-electron chi connectivity index (χ1n) is 9.55. The van der Waals surface area contributed by atoms with E-state index in [2.05, 4.69) is 30.8 Å². The van der Waals surface area contributed by atoms with E-state index in [9.17, 15) is 18.9 Å². The van der Waals surface area contributed by atoms with Gasteiger partial charge < -0.3 is 10.6 Å². The summed E-state index contributed by atoms with van der Waals surface area (Å²) in [5.74, 6) is -1.93. The number of nitrogens with one attached hydrogen (secondary N) is 2. The number of hydrogen-bond acceptors (Lipinski definition) is 8. The molecule has 9 nitrogen and oxygen atoms in total. The molecule has 11 heteroatoms. The molecule has 0 bridgehead atoms. The monoisotopic (exact) mass is 447 g/mol. The molecule has 0 fully saturated rings. The summed E-state index contributed by atoms with van der Waals surface area (Å²) in [5, 5.41) is 25.2. The van der Waals surface area contributed by atoms with Crippen LogP contribution in [0.25, 0.3) is 0 Å². The second kappa shape index (κ2) is 9.56. The highest BCUT2D eigenvalue weighted by molar-refractivity contribution is 5.77. The zero-order chi connectivity index (χ0) is 23.2. The van der Waals surface area contributed by atoms with Gasteiger partial charge in [-0.05, 0) is 48.5 Å². The van der Waals surface area contributed by atoms with Gasteiger partial charge in [0.05, 0.1) is 22.0 Å².